The summed E-state index contributed by atoms with van der Waals surface area (Å²) in [5.41, 5.74) is 2.39. The molecule has 4 fully saturated rings. The molecule has 4 bridgehead atoms. The van der Waals surface area contributed by atoms with Gasteiger partial charge in [-0.25, -0.2) is 4.98 Å². The van der Waals surface area contributed by atoms with Gasteiger partial charge in [-0.2, -0.15) is 0 Å². The van der Waals surface area contributed by atoms with Crippen LogP contribution in [0.25, 0.3) is 11.0 Å². The minimum atomic E-state index is -0.944. The molecule has 8 nitrogen and oxygen atoms in total. The Hall–Kier alpha value is -2.74. The van der Waals surface area contributed by atoms with Crippen molar-refractivity contribution in [2.24, 2.45) is 22.4 Å². The molecule has 2 aliphatic carbocycles. The van der Waals surface area contributed by atoms with E-state index in [1.165, 1.54) is 58.5 Å². The zero-order chi connectivity index (χ0) is 28.0. The van der Waals surface area contributed by atoms with Gasteiger partial charge in [0.2, 0.25) is 0 Å². The Balaban J connectivity index is 1.35. The number of oxime groups is 1. The predicted molar refractivity (Wildman–Crippen MR) is 156 cm³/mol. The summed E-state index contributed by atoms with van der Waals surface area (Å²) in [5, 5.41) is 13.3. The first-order chi connectivity index (χ1) is 19.3. The maximum atomic E-state index is 14.2. The maximum absolute atomic E-state index is 14.2. The van der Waals surface area contributed by atoms with Gasteiger partial charge in [-0.1, -0.05) is 37.6 Å². The summed E-state index contributed by atoms with van der Waals surface area (Å²) in [6.45, 7) is 5.03. The highest BCUT2D eigenvalue weighted by Gasteiger charge is 2.49. The quantitative estimate of drug-likeness (QED) is 0.348. The van der Waals surface area contributed by atoms with E-state index in [2.05, 4.69) is 28.9 Å². The van der Waals surface area contributed by atoms with Gasteiger partial charge in [0.1, 0.15) is 12.8 Å². The van der Waals surface area contributed by atoms with Crippen molar-refractivity contribution >= 4 is 22.7 Å². The van der Waals surface area contributed by atoms with Crippen molar-refractivity contribution in [3.05, 3.63) is 40.3 Å². The number of fused-ring (bicyclic) bond motifs is 5. The smallest absolute Gasteiger partial charge is 0.303 e. The van der Waals surface area contributed by atoms with E-state index in [0.29, 0.717) is 29.3 Å². The Morgan fingerprint density at radius 2 is 1.82 bits per heavy atom. The largest absolute Gasteiger partial charge is 0.481 e. The molecular formula is C32H44N4O4. The van der Waals surface area contributed by atoms with Gasteiger partial charge in [-0.15, -0.1) is 0 Å². The lowest BCUT2D eigenvalue weighted by atomic mass is 9.73. The number of rotatable bonds is 7. The van der Waals surface area contributed by atoms with Crippen LogP contribution in [0.5, 0.6) is 0 Å². The summed E-state index contributed by atoms with van der Waals surface area (Å²) in [7, 11) is 1.41. The molecule has 6 unspecified atom stereocenters. The fourth-order valence-electron chi connectivity index (χ4n) is 8.91. The van der Waals surface area contributed by atoms with Crippen molar-refractivity contribution in [3.63, 3.8) is 0 Å². The third-order valence-corrected chi connectivity index (χ3v) is 10.9. The maximum Gasteiger partial charge on any atom is 0.303 e. The van der Waals surface area contributed by atoms with Gasteiger partial charge < -0.3 is 14.5 Å². The van der Waals surface area contributed by atoms with Crippen molar-refractivity contribution in [1.29, 1.82) is 0 Å². The molecule has 1 aromatic carbocycles. The molecular weight excluding hydrogens is 504 g/mol. The summed E-state index contributed by atoms with van der Waals surface area (Å²) in [5.74, 6) is 0.666. The van der Waals surface area contributed by atoms with Gasteiger partial charge in [0.05, 0.1) is 17.5 Å². The molecule has 2 aliphatic heterocycles. The third kappa shape index (κ3) is 4.97. The number of carbonyl (C=O) groups is 1. The highest BCUT2D eigenvalue weighted by molar-refractivity contribution is 6.00. The molecule has 2 aromatic rings. The van der Waals surface area contributed by atoms with Crippen molar-refractivity contribution < 1.29 is 14.7 Å². The summed E-state index contributed by atoms with van der Waals surface area (Å²) < 4.78 is 1.96. The predicted octanol–water partition coefficient (Wildman–Crippen LogP) is 5.77. The number of aromatic nitrogens is 2. The first-order valence-corrected chi connectivity index (χ1v) is 15.4. The molecule has 1 N–H and O–H groups in total. The zero-order valence-electron chi connectivity index (χ0n) is 24.2. The van der Waals surface area contributed by atoms with Crippen molar-refractivity contribution in [2.75, 3.05) is 7.11 Å². The molecule has 1 aromatic heterocycles. The van der Waals surface area contributed by atoms with E-state index in [1.54, 1.807) is 0 Å². The number of hydrogen-bond donors (Lipinski definition) is 1. The fourth-order valence-corrected chi connectivity index (χ4v) is 8.91. The van der Waals surface area contributed by atoms with Gasteiger partial charge in [0.15, 0.2) is 5.69 Å². The Morgan fingerprint density at radius 1 is 1.07 bits per heavy atom. The highest BCUT2D eigenvalue weighted by Crippen LogP contribution is 2.54. The van der Waals surface area contributed by atoms with Crippen LogP contribution in [-0.2, 0) is 9.63 Å². The topological polar surface area (TPSA) is 97.0 Å². The standard InChI is InChI=1S/C32H44N4O4/c1-20-15-24(16-21-13-14-32(20,2)19-21)35-22-7-6-8-23(35)18-25(17-22)36-28-10-5-4-9-26(28)33-30(31(36)39)27(34-40-3)11-12-29(37)38/h4-5,9-10,20-25H,6-8,11-19H2,1-3H3,(H,37,38). The summed E-state index contributed by atoms with van der Waals surface area (Å²) in [6, 6.07) is 9.51. The van der Waals surface area contributed by atoms with Crippen LogP contribution >= 0.6 is 0 Å². The number of nitrogens with zero attached hydrogens (tertiary/aromatic N) is 4. The first kappa shape index (κ1) is 27.4. The summed E-state index contributed by atoms with van der Waals surface area (Å²) in [4.78, 5) is 38.1. The highest BCUT2D eigenvalue weighted by atomic mass is 16.6. The van der Waals surface area contributed by atoms with Crippen LogP contribution in [-0.4, -0.2) is 56.5 Å². The van der Waals surface area contributed by atoms with Gasteiger partial charge in [-0.05, 0) is 87.2 Å². The van der Waals surface area contributed by atoms with Crippen LogP contribution in [0.15, 0.2) is 34.2 Å². The molecule has 2 saturated heterocycles. The first-order valence-electron chi connectivity index (χ1n) is 15.4. The van der Waals surface area contributed by atoms with Gasteiger partial charge in [-0.3, -0.25) is 14.5 Å². The Bertz CT molecular complexity index is 1340. The number of piperidine rings is 2. The molecule has 0 radical (unpaired) electrons. The van der Waals surface area contributed by atoms with Crippen LogP contribution in [0.3, 0.4) is 0 Å². The van der Waals surface area contributed by atoms with E-state index >= 15 is 0 Å². The van der Waals surface area contributed by atoms with Gasteiger partial charge in [0.25, 0.3) is 5.56 Å². The van der Waals surface area contributed by atoms with Crippen LogP contribution in [0, 0.1) is 17.3 Å². The molecule has 0 spiro atoms. The second-order valence-corrected chi connectivity index (χ2v) is 13.3. The lowest BCUT2D eigenvalue weighted by Gasteiger charge is -2.53. The van der Waals surface area contributed by atoms with Gasteiger partial charge in [0, 0.05) is 30.6 Å². The van der Waals surface area contributed by atoms with E-state index in [9.17, 15) is 14.7 Å². The van der Waals surface area contributed by atoms with E-state index in [0.717, 1.165) is 35.7 Å². The zero-order valence-corrected chi connectivity index (χ0v) is 24.2. The van der Waals surface area contributed by atoms with Crippen molar-refractivity contribution in [3.8, 4) is 0 Å². The van der Waals surface area contributed by atoms with E-state index < -0.39 is 5.97 Å². The average molecular weight is 549 g/mol. The van der Waals surface area contributed by atoms with Crippen LogP contribution in [0.2, 0.25) is 0 Å². The second kappa shape index (κ2) is 10.9. The minimum Gasteiger partial charge on any atom is -0.481 e. The molecule has 3 heterocycles. The van der Waals surface area contributed by atoms with Crippen molar-refractivity contribution in [2.45, 2.75) is 115 Å². The number of para-hydroxylation sites is 2. The monoisotopic (exact) mass is 548 g/mol. The Morgan fingerprint density at radius 3 is 2.55 bits per heavy atom. The Kier molecular flexibility index (Phi) is 7.49. The third-order valence-electron chi connectivity index (χ3n) is 10.9. The number of hydrogen-bond acceptors (Lipinski definition) is 6. The summed E-state index contributed by atoms with van der Waals surface area (Å²) in [6.07, 6.45) is 12.3. The van der Waals surface area contributed by atoms with E-state index in [-0.39, 0.29) is 30.1 Å². The molecule has 6 atom stereocenters. The normalized spacial score (nSPS) is 34.5. The number of aliphatic carboxylic acids is 1. The molecule has 0 amide bonds. The molecule has 216 valence electrons. The molecule has 2 saturated carbocycles. The molecule has 8 heteroatoms. The second-order valence-electron chi connectivity index (χ2n) is 13.3. The summed E-state index contributed by atoms with van der Waals surface area (Å²) >= 11 is 0. The molecule has 4 aliphatic rings. The van der Waals surface area contributed by atoms with Crippen LogP contribution in [0.1, 0.15) is 103 Å². The average Bonchev–Trinajstić information content (AvgIpc) is 3.25. The van der Waals surface area contributed by atoms with Crippen molar-refractivity contribution in [1.82, 2.24) is 14.5 Å². The molecule has 40 heavy (non-hydrogen) atoms. The lowest BCUT2D eigenvalue weighted by molar-refractivity contribution is -0.136. The van der Waals surface area contributed by atoms with Crippen LogP contribution in [0.4, 0.5) is 0 Å². The molecule has 6 rings (SSSR count). The van der Waals surface area contributed by atoms with E-state index in [4.69, 9.17) is 4.84 Å². The van der Waals surface area contributed by atoms with E-state index in [1.807, 2.05) is 28.8 Å². The lowest BCUT2D eigenvalue weighted by Crippen LogP contribution is -2.57. The number of carboxylic acids is 1. The fraction of sp³-hybridized carbons (Fsp3) is 0.688. The minimum absolute atomic E-state index is 0.0751. The Labute approximate surface area is 236 Å². The van der Waals surface area contributed by atoms with Gasteiger partial charge >= 0.3 is 5.97 Å². The number of carboxylic acid groups (broad SMARTS) is 1. The SMILES string of the molecule is CON=C(CCC(=O)O)c1nc2ccccc2n(C2CC3CCCC(C2)N3C2CC3CCC(C)(C3)C(C)C2)c1=O. The van der Waals surface area contributed by atoms with Crippen LogP contribution < -0.4 is 5.56 Å². The number of benzene rings is 1.